The molecule has 1 saturated heterocycles. The highest BCUT2D eigenvalue weighted by Crippen LogP contribution is 2.40. The molecule has 1 fully saturated rings. The Bertz CT molecular complexity index is 344. The van der Waals surface area contributed by atoms with Crippen LogP contribution in [0.4, 0.5) is 0 Å². The van der Waals surface area contributed by atoms with E-state index in [4.69, 9.17) is 19.6 Å². The molecule has 0 spiro atoms. The maximum Gasteiger partial charge on any atom is 0.470 e. The summed E-state index contributed by atoms with van der Waals surface area (Å²) in [4.78, 5) is 28.5. The highest BCUT2D eigenvalue weighted by atomic mass is 31.2. The summed E-state index contributed by atoms with van der Waals surface area (Å²) in [5.74, 6) is -0.461. The molecule has 0 aromatic carbocycles. The van der Waals surface area contributed by atoms with Gasteiger partial charge in [0.05, 0.1) is 19.3 Å². The van der Waals surface area contributed by atoms with E-state index in [1.165, 1.54) is 6.92 Å². The van der Waals surface area contributed by atoms with Gasteiger partial charge in [0.2, 0.25) is 5.91 Å². The van der Waals surface area contributed by atoms with Gasteiger partial charge >= 0.3 is 7.82 Å². The van der Waals surface area contributed by atoms with Gasteiger partial charge in [-0.25, -0.2) is 4.57 Å². The van der Waals surface area contributed by atoms with E-state index < -0.39 is 44.7 Å². The highest BCUT2D eigenvalue weighted by molar-refractivity contribution is 7.46. The molecule has 9 nitrogen and oxygen atoms in total. The number of phosphoric ester groups is 1. The first-order valence-electron chi connectivity index (χ1n) is 5.16. The van der Waals surface area contributed by atoms with E-state index in [1.807, 2.05) is 0 Å². The zero-order chi connectivity index (χ0) is 13.9. The smallest absolute Gasteiger partial charge is 0.394 e. The molecule has 0 radical (unpaired) electrons. The van der Waals surface area contributed by atoms with E-state index in [0.717, 1.165) is 0 Å². The van der Waals surface area contributed by atoms with E-state index >= 15 is 0 Å². The Morgan fingerprint density at radius 3 is 2.61 bits per heavy atom. The average Bonchev–Trinajstić information content (AvgIpc) is 2.21. The number of aliphatic hydroxyl groups is 2. The number of aliphatic hydroxyl groups excluding tert-OH is 2. The van der Waals surface area contributed by atoms with Crippen molar-refractivity contribution >= 4 is 13.7 Å². The number of carbonyl (C=O) groups is 1. The van der Waals surface area contributed by atoms with Gasteiger partial charge in [0.25, 0.3) is 0 Å². The maximum absolute atomic E-state index is 10.9. The van der Waals surface area contributed by atoms with Crippen LogP contribution in [0, 0.1) is 0 Å². The standard InChI is InChI=1S/C8H16NO8P/c1-4(11)9-5-3-16-6(2-10)7(12)8(5)17-18(13,14)15/h5-8,10,12H,2-3H2,1H3,(H,9,11)(H2,13,14,15)/t5-,6+,7+,8+/m0/s1. The highest BCUT2D eigenvalue weighted by Gasteiger charge is 2.43. The fourth-order valence-electron chi connectivity index (χ4n) is 1.71. The number of hydrogen-bond acceptors (Lipinski definition) is 6. The first-order valence-corrected chi connectivity index (χ1v) is 6.69. The summed E-state index contributed by atoms with van der Waals surface area (Å²) >= 11 is 0. The number of hydrogen-bond donors (Lipinski definition) is 5. The molecular weight excluding hydrogens is 269 g/mol. The quantitative estimate of drug-likeness (QED) is 0.363. The van der Waals surface area contributed by atoms with Gasteiger partial charge in [0.15, 0.2) is 0 Å². The number of rotatable bonds is 4. The Kier molecular flexibility index (Phi) is 5.23. The minimum atomic E-state index is -4.84. The van der Waals surface area contributed by atoms with Crippen LogP contribution >= 0.6 is 7.82 Å². The SMILES string of the molecule is CC(=O)N[C@H]1CO[C@H](CO)[C@@H](O)[C@@H]1OP(=O)(O)O. The molecule has 1 aliphatic rings. The lowest BCUT2D eigenvalue weighted by molar-refractivity contribution is -0.161. The van der Waals surface area contributed by atoms with Crippen molar-refractivity contribution in [2.24, 2.45) is 0 Å². The van der Waals surface area contributed by atoms with E-state index in [1.54, 1.807) is 0 Å². The van der Waals surface area contributed by atoms with Gasteiger partial charge in [0.1, 0.15) is 18.3 Å². The van der Waals surface area contributed by atoms with Crippen LogP contribution in [0.15, 0.2) is 0 Å². The van der Waals surface area contributed by atoms with Gasteiger partial charge in [-0.15, -0.1) is 0 Å². The monoisotopic (exact) mass is 285 g/mol. The van der Waals surface area contributed by atoms with Crippen molar-refractivity contribution in [1.29, 1.82) is 0 Å². The molecule has 5 N–H and O–H groups in total. The average molecular weight is 285 g/mol. The van der Waals surface area contributed by atoms with Crippen molar-refractivity contribution < 1.29 is 38.6 Å². The number of nitrogens with one attached hydrogen (secondary N) is 1. The van der Waals surface area contributed by atoms with Crippen molar-refractivity contribution in [2.45, 2.75) is 31.3 Å². The van der Waals surface area contributed by atoms with E-state index in [0.29, 0.717) is 0 Å². The van der Waals surface area contributed by atoms with Crippen molar-refractivity contribution in [3.63, 3.8) is 0 Å². The third kappa shape index (κ3) is 4.29. The van der Waals surface area contributed by atoms with Crippen molar-refractivity contribution in [2.75, 3.05) is 13.2 Å². The number of phosphoric acid groups is 1. The Balaban J connectivity index is 2.83. The van der Waals surface area contributed by atoms with Crippen molar-refractivity contribution in [1.82, 2.24) is 5.32 Å². The van der Waals surface area contributed by atoms with Gasteiger partial charge in [-0.3, -0.25) is 9.32 Å². The van der Waals surface area contributed by atoms with E-state index in [9.17, 15) is 14.5 Å². The molecule has 1 aliphatic heterocycles. The van der Waals surface area contributed by atoms with Gasteiger partial charge in [-0.05, 0) is 0 Å². The summed E-state index contributed by atoms with van der Waals surface area (Å²) in [5.41, 5.74) is 0. The lowest BCUT2D eigenvalue weighted by atomic mass is 9.98. The second-order valence-corrected chi connectivity index (χ2v) is 5.10. The summed E-state index contributed by atoms with van der Waals surface area (Å²) in [6.45, 7) is 0.542. The predicted octanol–water partition coefficient (Wildman–Crippen LogP) is -2.28. The van der Waals surface area contributed by atoms with Crippen molar-refractivity contribution in [3.05, 3.63) is 0 Å². The van der Waals surface area contributed by atoms with Crippen LogP contribution in [0.25, 0.3) is 0 Å². The van der Waals surface area contributed by atoms with Gasteiger partial charge in [-0.1, -0.05) is 0 Å². The Labute approximate surface area is 103 Å². The zero-order valence-electron chi connectivity index (χ0n) is 9.59. The molecule has 0 aliphatic carbocycles. The molecule has 1 rings (SSSR count). The Morgan fingerprint density at radius 2 is 2.17 bits per heavy atom. The zero-order valence-corrected chi connectivity index (χ0v) is 10.5. The normalized spacial score (nSPS) is 33.2. The van der Waals surface area contributed by atoms with E-state index in [-0.39, 0.29) is 6.61 Å². The largest absolute Gasteiger partial charge is 0.470 e. The number of amides is 1. The fourth-order valence-corrected chi connectivity index (χ4v) is 2.30. The lowest BCUT2D eigenvalue weighted by Crippen LogP contribution is -2.60. The van der Waals surface area contributed by atoms with E-state index in [2.05, 4.69) is 9.84 Å². The van der Waals surface area contributed by atoms with Crippen LogP contribution < -0.4 is 5.32 Å². The van der Waals surface area contributed by atoms with Crippen LogP contribution in [0.5, 0.6) is 0 Å². The summed E-state index contributed by atoms with van der Waals surface area (Å²) in [5, 5.41) is 21.1. The van der Waals surface area contributed by atoms with Crippen LogP contribution in [-0.4, -0.2) is 63.5 Å². The molecule has 106 valence electrons. The Morgan fingerprint density at radius 1 is 1.56 bits per heavy atom. The predicted molar refractivity (Wildman–Crippen MR) is 57.4 cm³/mol. The summed E-state index contributed by atoms with van der Waals surface area (Å²) in [6.07, 6.45) is -3.85. The molecule has 1 amide bonds. The molecule has 1 heterocycles. The topological polar surface area (TPSA) is 146 Å². The van der Waals surface area contributed by atoms with Crippen LogP contribution in [0.2, 0.25) is 0 Å². The molecule has 0 saturated carbocycles. The minimum absolute atomic E-state index is 0.132. The second-order valence-electron chi connectivity index (χ2n) is 3.91. The number of carbonyl (C=O) groups excluding carboxylic acids is 1. The first-order chi connectivity index (χ1) is 8.24. The Hall–Kier alpha value is -0.540. The van der Waals surface area contributed by atoms with Gasteiger partial charge in [0, 0.05) is 6.92 Å². The molecule has 0 aromatic rings. The molecule has 4 atom stereocenters. The number of ether oxygens (including phenoxy) is 1. The summed E-state index contributed by atoms with van der Waals surface area (Å²) < 4.78 is 20.3. The molecular formula is C8H16NO8P. The third-order valence-corrected chi connectivity index (χ3v) is 2.95. The fraction of sp³-hybridized carbons (Fsp3) is 0.875. The summed E-state index contributed by atoms with van der Waals surface area (Å²) in [6, 6.07) is -0.909. The minimum Gasteiger partial charge on any atom is -0.394 e. The van der Waals surface area contributed by atoms with Gasteiger partial charge < -0.3 is 30.1 Å². The molecule has 0 bridgehead atoms. The second kappa shape index (κ2) is 6.07. The summed E-state index contributed by atoms with van der Waals surface area (Å²) in [7, 11) is -4.84. The van der Waals surface area contributed by atoms with Crippen molar-refractivity contribution in [3.8, 4) is 0 Å². The molecule has 0 unspecified atom stereocenters. The molecule has 0 aromatic heterocycles. The first kappa shape index (κ1) is 15.5. The van der Waals surface area contributed by atoms with Crippen LogP contribution in [0.3, 0.4) is 0 Å². The van der Waals surface area contributed by atoms with Gasteiger partial charge in [-0.2, -0.15) is 0 Å². The molecule has 10 heteroatoms. The van der Waals surface area contributed by atoms with Crippen LogP contribution in [-0.2, 0) is 18.6 Å². The maximum atomic E-state index is 10.9. The lowest BCUT2D eigenvalue weighted by Gasteiger charge is -2.39. The molecule has 18 heavy (non-hydrogen) atoms. The third-order valence-electron chi connectivity index (χ3n) is 2.43. The van der Waals surface area contributed by atoms with Crippen LogP contribution in [0.1, 0.15) is 6.92 Å².